The van der Waals surface area contributed by atoms with E-state index in [0.29, 0.717) is 0 Å². The van der Waals surface area contributed by atoms with Gasteiger partial charge in [0.15, 0.2) is 0 Å². The van der Waals surface area contributed by atoms with Crippen LogP contribution in [-0.4, -0.2) is 25.0 Å². The fourth-order valence-electron chi connectivity index (χ4n) is 3.36. The number of rotatable bonds is 5. The molecule has 2 aromatic rings. The van der Waals surface area contributed by atoms with E-state index in [0.717, 1.165) is 36.0 Å². The third kappa shape index (κ3) is 3.81. The first-order valence-corrected chi connectivity index (χ1v) is 9.33. The molecule has 0 aliphatic carbocycles. The molecule has 1 amide bonds. The molecular formula is C20H23BrN2O. The van der Waals surface area contributed by atoms with E-state index in [1.807, 2.05) is 36.4 Å². The normalized spacial score (nSPS) is 18.4. The molecule has 0 saturated carbocycles. The summed E-state index contributed by atoms with van der Waals surface area (Å²) < 4.78 is 1.10. The zero-order valence-electron chi connectivity index (χ0n) is 13.9. The highest BCUT2D eigenvalue weighted by Gasteiger charge is 2.27. The summed E-state index contributed by atoms with van der Waals surface area (Å²) in [7, 11) is 0. The van der Waals surface area contributed by atoms with Crippen molar-refractivity contribution >= 4 is 27.5 Å². The maximum atomic E-state index is 12.7. The second-order valence-electron chi connectivity index (χ2n) is 6.26. The topological polar surface area (TPSA) is 32.3 Å². The quantitative estimate of drug-likeness (QED) is 0.828. The van der Waals surface area contributed by atoms with E-state index >= 15 is 0 Å². The van der Waals surface area contributed by atoms with Gasteiger partial charge < -0.3 is 10.2 Å². The monoisotopic (exact) mass is 386 g/mol. The predicted molar refractivity (Wildman–Crippen MR) is 102 cm³/mol. The lowest BCUT2D eigenvalue weighted by molar-refractivity contribution is -0.123. The summed E-state index contributed by atoms with van der Waals surface area (Å²) in [5, 5.41) is 3.25. The smallest absolute Gasteiger partial charge is 0.227 e. The maximum absolute atomic E-state index is 12.7. The van der Waals surface area contributed by atoms with Crippen molar-refractivity contribution in [1.29, 1.82) is 0 Å². The van der Waals surface area contributed by atoms with Gasteiger partial charge in [0.2, 0.25) is 5.91 Å². The minimum absolute atomic E-state index is 0.0660. The number of para-hydroxylation sites is 1. The Morgan fingerprint density at radius 3 is 2.62 bits per heavy atom. The van der Waals surface area contributed by atoms with E-state index in [2.05, 4.69) is 51.3 Å². The number of hydrogen-bond donors (Lipinski definition) is 1. The second-order valence-corrected chi connectivity index (χ2v) is 7.12. The van der Waals surface area contributed by atoms with Crippen LogP contribution in [0.3, 0.4) is 0 Å². The van der Waals surface area contributed by atoms with Crippen LogP contribution in [0.2, 0.25) is 0 Å². The molecule has 4 heteroatoms. The van der Waals surface area contributed by atoms with Crippen LogP contribution >= 0.6 is 15.9 Å². The van der Waals surface area contributed by atoms with Gasteiger partial charge in [0, 0.05) is 23.6 Å². The van der Waals surface area contributed by atoms with Crippen LogP contribution in [0.25, 0.3) is 0 Å². The number of carbonyl (C=O) groups excluding carboxylic acids is 1. The standard InChI is InChI=1S/C20H23BrN2O/c1-2-17(15-8-4-3-5-9-15)20(24)22-16-12-13-23(14-16)19-11-7-6-10-18(19)21/h3-11,16-17H,2,12-14H2,1H3,(H,22,24). The average Bonchev–Trinajstić information content (AvgIpc) is 3.05. The Kier molecular flexibility index (Phi) is 5.56. The van der Waals surface area contributed by atoms with Gasteiger partial charge >= 0.3 is 0 Å². The van der Waals surface area contributed by atoms with Crippen molar-refractivity contribution in [3.05, 3.63) is 64.6 Å². The molecule has 1 saturated heterocycles. The number of halogens is 1. The molecule has 126 valence electrons. The van der Waals surface area contributed by atoms with Gasteiger partial charge in [-0.15, -0.1) is 0 Å². The summed E-state index contributed by atoms with van der Waals surface area (Å²) >= 11 is 3.61. The molecule has 2 aromatic carbocycles. The Morgan fingerprint density at radius 1 is 1.21 bits per heavy atom. The van der Waals surface area contributed by atoms with Gasteiger partial charge in [-0.3, -0.25) is 4.79 Å². The number of benzene rings is 2. The summed E-state index contributed by atoms with van der Waals surface area (Å²) in [6.45, 7) is 3.90. The van der Waals surface area contributed by atoms with Crippen molar-refractivity contribution in [1.82, 2.24) is 5.32 Å². The van der Waals surface area contributed by atoms with Crippen molar-refractivity contribution in [2.24, 2.45) is 0 Å². The van der Waals surface area contributed by atoms with Crippen LogP contribution in [0.4, 0.5) is 5.69 Å². The Balaban J connectivity index is 1.63. The molecule has 1 aliphatic heterocycles. The van der Waals surface area contributed by atoms with Gasteiger partial charge in [0.25, 0.3) is 0 Å². The molecule has 1 fully saturated rings. The fourth-order valence-corrected chi connectivity index (χ4v) is 3.90. The summed E-state index contributed by atoms with van der Waals surface area (Å²) in [5.74, 6) is 0.0754. The van der Waals surface area contributed by atoms with Crippen LogP contribution in [-0.2, 0) is 4.79 Å². The highest BCUT2D eigenvalue weighted by atomic mass is 79.9. The molecule has 0 spiro atoms. The van der Waals surface area contributed by atoms with Crippen molar-refractivity contribution in [3.63, 3.8) is 0 Å². The summed E-state index contributed by atoms with van der Waals surface area (Å²) in [6, 6.07) is 18.5. The van der Waals surface area contributed by atoms with Crippen molar-refractivity contribution in [2.45, 2.75) is 31.7 Å². The molecule has 0 aromatic heterocycles. The molecule has 0 radical (unpaired) electrons. The molecule has 24 heavy (non-hydrogen) atoms. The van der Waals surface area contributed by atoms with Gasteiger partial charge in [-0.25, -0.2) is 0 Å². The highest BCUT2D eigenvalue weighted by Crippen LogP contribution is 2.29. The largest absolute Gasteiger partial charge is 0.368 e. The minimum atomic E-state index is -0.0660. The third-order valence-electron chi connectivity index (χ3n) is 4.65. The molecule has 3 rings (SSSR count). The maximum Gasteiger partial charge on any atom is 0.227 e. The minimum Gasteiger partial charge on any atom is -0.368 e. The summed E-state index contributed by atoms with van der Waals surface area (Å²) in [5.41, 5.74) is 2.29. The van der Waals surface area contributed by atoms with Crippen LogP contribution in [0.1, 0.15) is 31.2 Å². The molecule has 0 bridgehead atoms. The number of nitrogens with one attached hydrogen (secondary N) is 1. The second kappa shape index (κ2) is 7.84. The zero-order chi connectivity index (χ0) is 16.9. The van der Waals surface area contributed by atoms with Crippen molar-refractivity contribution < 1.29 is 4.79 Å². The first-order valence-electron chi connectivity index (χ1n) is 8.54. The molecule has 2 atom stereocenters. The lowest BCUT2D eigenvalue weighted by Crippen LogP contribution is -2.39. The van der Waals surface area contributed by atoms with E-state index in [4.69, 9.17) is 0 Å². The van der Waals surface area contributed by atoms with Crippen molar-refractivity contribution in [2.75, 3.05) is 18.0 Å². The zero-order valence-corrected chi connectivity index (χ0v) is 15.5. The van der Waals surface area contributed by atoms with Crippen LogP contribution < -0.4 is 10.2 Å². The molecule has 1 N–H and O–H groups in total. The van der Waals surface area contributed by atoms with Crippen molar-refractivity contribution in [3.8, 4) is 0 Å². The third-order valence-corrected chi connectivity index (χ3v) is 5.33. The molecule has 1 heterocycles. The Bertz CT molecular complexity index is 689. The first kappa shape index (κ1) is 17.0. The number of hydrogen-bond acceptors (Lipinski definition) is 2. The molecule has 2 unspecified atom stereocenters. The van der Waals surface area contributed by atoms with Gasteiger partial charge in [-0.05, 0) is 46.5 Å². The summed E-state index contributed by atoms with van der Waals surface area (Å²) in [6.07, 6.45) is 1.80. The number of carbonyl (C=O) groups is 1. The summed E-state index contributed by atoms with van der Waals surface area (Å²) in [4.78, 5) is 15.0. The number of amides is 1. The lowest BCUT2D eigenvalue weighted by atomic mass is 9.95. The highest BCUT2D eigenvalue weighted by molar-refractivity contribution is 9.10. The molecule has 3 nitrogen and oxygen atoms in total. The van der Waals surface area contributed by atoms with Gasteiger partial charge in [0.1, 0.15) is 0 Å². The first-order chi connectivity index (χ1) is 11.7. The molecular weight excluding hydrogens is 364 g/mol. The molecule has 1 aliphatic rings. The Morgan fingerprint density at radius 2 is 1.92 bits per heavy atom. The van der Waals surface area contributed by atoms with E-state index < -0.39 is 0 Å². The van der Waals surface area contributed by atoms with E-state index in [1.165, 1.54) is 5.69 Å². The van der Waals surface area contributed by atoms with Gasteiger partial charge in [0.05, 0.1) is 11.6 Å². The predicted octanol–water partition coefficient (Wildman–Crippen LogP) is 4.34. The van der Waals surface area contributed by atoms with Crippen LogP contribution in [0, 0.1) is 0 Å². The van der Waals surface area contributed by atoms with Gasteiger partial charge in [-0.2, -0.15) is 0 Å². The average molecular weight is 387 g/mol. The van der Waals surface area contributed by atoms with E-state index in [9.17, 15) is 4.79 Å². The Labute approximate surface area is 152 Å². The lowest BCUT2D eigenvalue weighted by Gasteiger charge is -2.22. The Hall–Kier alpha value is -1.81. The van der Waals surface area contributed by atoms with E-state index in [1.54, 1.807) is 0 Å². The van der Waals surface area contributed by atoms with Crippen LogP contribution in [0.15, 0.2) is 59.1 Å². The SMILES string of the molecule is CCC(C(=O)NC1CCN(c2ccccc2Br)C1)c1ccccc1. The number of anilines is 1. The van der Waals surface area contributed by atoms with E-state index in [-0.39, 0.29) is 17.9 Å². The van der Waals surface area contributed by atoms with Crippen LogP contribution in [0.5, 0.6) is 0 Å². The fraction of sp³-hybridized carbons (Fsp3) is 0.350. The number of nitrogens with zero attached hydrogens (tertiary/aromatic N) is 1. The van der Waals surface area contributed by atoms with Gasteiger partial charge in [-0.1, -0.05) is 49.4 Å².